The number of nitrogens with one attached hydrogen (secondary N) is 1. The van der Waals surface area contributed by atoms with Crippen LogP contribution in [0.5, 0.6) is 0 Å². The average molecular weight is 215 g/mol. The predicted octanol–water partition coefficient (Wildman–Crippen LogP) is -0.828. The first kappa shape index (κ1) is 12.4. The van der Waals surface area contributed by atoms with Gasteiger partial charge in [-0.15, -0.1) is 0 Å². The zero-order chi connectivity index (χ0) is 11.1. The van der Waals surface area contributed by atoms with Crippen molar-refractivity contribution in [3.8, 4) is 0 Å². The fourth-order valence-electron chi connectivity index (χ4n) is 1.68. The largest absolute Gasteiger partial charge is 0.379 e. The van der Waals surface area contributed by atoms with Crippen molar-refractivity contribution in [2.75, 3.05) is 39.9 Å². The van der Waals surface area contributed by atoms with Crippen LogP contribution in [0.25, 0.3) is 0 Å². The van der Waals surface area contributed by atoms with Gasteiger partial charge in [0, 0.05) is 20.1 Å². The van der Waals surface area contributed by atoms with E-state index in [1.54, 1.807) is 7.05 Å². The first-order chi connectivity index (χ1) is 7.24. The van der Waals surface area contributed by atoms with E-state index in [0.717, 1.165) is 45.7 Å². The predicted molar refractivity (Wildman–Crippen MR) is 58.5 cm³/mol. The molecule has 3 N–H and O–H groups in total. The van der Waals surface area contributed by atoms with Crippen molar-refractivity contribution in [1.82, 2.24) is 10.2 Å². The summed E-state index contributed by atoms with van der Waals surface area (Å²) in [6, 6.07) is -0.365. The molecule has 1 saturated heterocycles. The van der Waals surface area contributed by atoms with E-state index in [0.29, 0.717) is 0 Å². The van der Waals surface area contributed by atoms with Gasteiger partial charge in [0.05, 0.1) is 19.3 Å². The fourth-order valence-corrected chi connectivity index (χ4v) is 1.68. The Morgan fingerprint density at radius 2 is 2.20 bits per heavy atom. The Labute approximate surface area is 90.9 Å². The first-order valence-corrected chi connectivity index (χ1v) is 5.51. The van der Waals surface area contributed by atoms with Crippen molar-refractivity contribution in [3.05, 3.63) is 0 Å². The van der Waals surface area contributed by atoms with Gasteiger partial charge in [0.15, 0.2) is 0 Å². The van der Waals surface area contributed by atoms with Gasteiger partial charge in [-0.1, -0.05) is 0 Å². The minimum Gasteiger partial charge on any atom is -0.379 e. The Bertz CT molecular complexity index is 193. The van der Waals surface area contributed by atoms with Gasteiger partial charge in [-0.25, -0.2) is 0 Å². The summed E-state index contributed by atoms with van der Waals surface area (Å²) >= 11 is 0. The number of nitrogens with two attached hydrogens (primary N) is 1. The Hall–Kier alpha value is -0.650. The molecule has 1 aliphatic heterocycles. The molecule has 0 spiro atoms. The van der Waals surface area contributed by atoms with Crippen LogP contribution in [-0.4, -0.2) is 56.7 Å². The lowest BCUT2D eigenvalue weighted by molar-refractivity contribution is -0.122. The topological polar surface area (TPSA) is 67.6 Å². The molecule has 1 amide bonds. The van der Waals surface area contributed by atoms with E-state index in [1.165, 1.54) is 0 Å². The van der Waals surface area contributed by atoms with E-state index in [2.05, 4.69) is 10.2 Å². The number of nitrogens with zero attached hydrogens (tertiary/aromatic N) is 1. The van der Waals surface area contributed by atoms with E-state index >= 15 is 0 Å². The molecule has 1 atom stereocenters. The molecule has 1 heterocycles. The van der Waals surface area contributed by atoms with Crippen LogP contribution in [-0.2, 0) is 9.53 Å². The SMILES string of the molecule is CNC(=O)C(N)CCCN1CCOCC1. The number of likely N-dealkylation sites (N-methyl/N-ethyl adjacent to an activating group) is 1. The molecule has 0 radical (unpaired) electrons. The number of carbonyl (C=O) groups is 1. The van der Waals surface area contributed by atoms with Crippen molar-refractivity contribution in [2.45, 2.75) is 18.9 Å². The number of hydrogen-bond donors (Lipinski definition) is 2. The van der Waals surface area contributed by atoms with Crippen molar-refractivity contribution >= 4 is 5.91 Å². The number of rotatable bonds is 5. The van der Waals surface area contributed by atoms with Crippen LogP contribution in [0.2, 0.25) is 0 Å². The maximum atomic E-state index is 11.1. The summed E-state index contributed by atoms with van der Waals surface area (Å²) in [5, 5.41) is 2.56. The van der Waals surface area contributed by atoms with Crippen LogP contribution in [0.4, 0.5) is 0 Å². The summed E-state index contributed by atoms with van der Waals surface area (Å²) in [6.07, 6.45) is 1.71. The van der Waals surface area contributed by atoms with E-state index in [9.17, 15) is 4.79 Å². The van der Waals surface area contributed by atoms with E-state index in [-0.39, 0.29) is 11.9 Å². The molecule has 15 heavy (non-hydrogen) atoms. The second kappa shape index (κ2) is 6.76. The third-order valence-corrected chi connectivity index (χ3v) is 2.68. The van der Waals surface area contributed by atoms with Gasteiger partial charge in [-0.05, 0) is 19.4 Å². The molecule has 0 aliphatic carbocycles. The Kier molecular flexibility index (Phi) is 5.60. The van der Waals surface area contributed by atoms with Gasteiger partial charge in [-0.3, -0.25) is 9.69 Å². The summed E-state index contributed by atoms with van der Waals surface area (Å²) in [7, 11) is 1.62. The van der Waals surface area contributed by atoms with Gasteiger partial charge in [0.25, 0.3) is 0 Å². The molecule has 0 aromatic heterocycles. The maximum Gasteiger partial charge on any atom is 0.236 e. The lowest BCUT2D eigenvalue weighted by atomic mass is 10.1. The number of hydrogen-bond acceptors (Lipinski definition) is 4. The molecular weight excluding hydrogens is 194 g/mol. The van der Waals surface area contributed by atoms with Crippen LogP contribution in [0.3, 0.4) is 0 Å². The normalized spacial score (nSPS) is 19.9. The molecule has 5 heteroatoms. The average Bonchev–Trinajstić information content (AvgIpc) is 2.29. The summed E-state index contributed by atoms with van der Waals surface area (Å²) in [5.41, 5.74) is 5.69. The molecule has 88 valence electrons. The van der Waals surface area contributed by atoms with E-state index in [1.807, 2.05) is 0 Å². The van der Waals surface area contributed by atoms with Crippen LogP contribution in [0.1, 0.15) is 12.8 Å². The van der Waals surface area contributed by atoms with Gasteiger partial charge in [0.2, 0.25) is 5.91 Å². The van der Waals surface area contributed by atoms with Gasteiger partial charge >= 0.3 is 0 Å². The molecule has 0 bridgehead atoms. The number of ether oxygens (including phenoxy) is 1. The van der Waals surface area contributed by atoms with Crippen LogP contribution in [0, 0.1) is 0 Å². The maximum absolute atomic E-state index is 11.1. The Balaban J connectivity index is 2.07. The number of carbonyl (C=O) groups excluding carboxylic acids is 1. The highest BCUT2D eigenvalue weighted by atomic mass is 16.5. The van der Waals surface area contributed by atoms with Crippen molar-refractivity contribution < 1.29 is 9.53 Å². The second-order valence-corrected chi connectivity index (χ2v) is 3.82. The van der Waals surface area contributed by atoms with Crippen molar-refractivity contribution in [1.29, 1.82) is 0 Å². The monoisotopic (exact) mass is 215 g/mol. The highest BCUT2D eigenvalue weighted by Crippen LogP contribution is 2.01. The van der Waals surface area contributed by atoms with Crippen LogP contribution >= 0.6 is 0 Å². The lowest BCUT2D eigenvalue weighted by Crippen LogP contribution is -2.40. The molecule has 0 saturated carbocycles. The Morgan fingerprint density at radius 3 is 2.80 bits per heavy atom. The Morgan fingerprint density at radius 1 is 1.53 bits per heavy atom. The van der Waals surface area contributed by atoms with Crippen LogP contribution in [0.15, 0.2) is 0 Å². The van der Waals surface area contributed by atoms with E-state index < -0.39 is 0 Å². The van der Waals surface area contributed by atoms with Gasteiger partial charge in [-0.2, -0.15) is 0 Å². The highest BCUT2D eigenvalue weighted by Gasteiger charge is 2.13. The highest BCUT2D eigenvalue weighted by molar-refractivity contribution is 5.81. The summed E-state index contributed by atoms with van der Waals surface area (Å²) in [5.74, 6) is -0.0722. The second-order valence-electron chi connectivity index (χ2n) is 3.82. The van der Waals surface area contributed by atoms with Gasteiger partial charge < -0.3 is 15.8 Å². The summed E-state index contributed by atoms with van der Waals surface area (Å²) in [6.45, 7) is 4.64. The molecule has 5 nitrogen and oxygen atoms in total. The lowest BCUT2D eigenvalue weighted by Gasteiger charge is -2.26. The third kappa shape index (κ3) is 4.59. The number of amides is 1. The molecule has 1 fully saturated rings. The molecule has 1 unspecified atom stereocenters. The first-order valence-electron chi connectivity index (χ1n) is 5.51. The molecule has 1 rings (SSSR count). The molecule has 0 aromatic carbocycles. The molecule has 0 aromatic rings. The standard InChI is InChI=1S/C10H21N3O2/c1-12-10(14)9(11)3-2-4-13-5-7-15-8-6-13/h9H,2-8,11H2,1H3,(H,12,14). The third-order valence-electron chi connectivity index (χ3n) is 2.68. The van der Waals surface area contributed by atoms with Crippen molar-refractivity contribution in [3.63, 3.8) is 0 Å². The summed E-state index contributed by atoms with van der Waals surface area (Å²) < 4.78 is 5.25. The number of morpholine rings is 1. The van der Waals surface area contributed by atoms with Crippen molar-refractivity contribution in [2.24, 2.45) is 5.73 Å². The minimum absolute atomic E-state index is 0.0722. The zero-order valence-corrected chi connectivity index (χ0v) is 9.37. The molecule has 1 aliphatic rings. The zero-order valence-electron chi connectivity index (χ0n) is 9.37. The fraction of sp³-hybridized carbons (Fsp3) is 0.900. The summed E-state index contributed by atoms with van der Waals surface area (Å²) in [4.78, 5) is 13.5. The molecular formula is C10H21N3O2. The van der Waals surface area contributed by atoms with Crippen LogP contribution < -0.4 is 11.1 Å². The van der Waals surface area contributed by atoms with Gasteiger partial charge in [0.1, 0.15) is 0 Å². The minimum atomic E-state index is -0.365. The quantitative estimate of drug-likeness (QED) is 0.628. The smallest absolute Gasteiger partial charge is 0.236 e. The van der Waals surface area contributed by atoms with E-state index in [4.69, 9.17) is 10.5 Å².